The maximum Gasteiger partial charge on any atom is 0.274 e. The summed E-state index contributed by atoms with van der Waals surface area (Å²) in [6.07, 6.45) is 11.3. The second-order valence-electron chi connectivity index (χ2n) is 7.00. The van der Waals surface area contributed by atoms with E-state index in [1.165, 1.54) is 12.8 Å². The first-order chi connectivity index (χ1) is 11.7. The van der Waals surface area contributed by atoms with Crippen LogP contribution in [0.1, 0.15) is 49.5 Å². The largest absolute Gasteiger partial charge is 0.378 e. The fraction of sp³-hybridized carbons (Fsp3) is 0.611. The monoisotopic (exact) mass is 328 g/mol. The van der Waals surface area contributed by atoms with Crippen LogP contribution < -0.4 is 0 Å². The summed E-state index contributed by atoms with van der Waals surface area (Å²) in [6.45, 7) is 2.80. The maximum atomic E-state index is 12.9. The second-order valence-corrected chi connectivity index (χ2v) is 7.00. The number of carbonyl (C=O) groups is 1. The van der Waals surface area contributed by atoms with Gasteiger partial charge in [0, 0.05) is 43.7 Å². The highest BCUT2D eigenvalue weighted by Crippen LogP contribution is 2.56. The molecule has 0 N–H and O–H groups in total. The second kappa shape index (κ2) is 5.84. The van der Waals surface area contributed by atoms with Gasteiger partial charge >= 0.3 is 0 Å². The molecule has 2 aromatic heterocycles. The highest BCUT2D eigenvalue weighted by molar-refractivity contribution is 5.93. The van der Waals surface area contributed by atoms with Crippen molar-refractivity contribution in [3.63, 3.8) is 0 Å². The summed E-state index contributed by atoms with van der Waals surface area (Å²) in [7, 11) is 1.91. The first kappa shape index (κ1) is 15.6. The van der Waals surface area contributed by atoms with Crippen LogP contribution in [0.15, 0.2) is 24.7 Å². The van der Waals surface area contributed by atoms with E-state index in [-0.39, 0.29) is 17.4 Å². The molecule has 0 saturated heterocycles. The minimum absolute atomic E-state index is 0.0216. The van der Waals surface area contributed by atoms with E-state index >= 15 is 0 Å². The minimum Gasteiger partial charge on any atom is -0.378 e. The van der Waals surface area contributed by atoms with Gasteiger partial charge in [0.15, 0.2) is 0 Å². The lowest BCUT2D eigenvalue weighted by molar-refractivity contribution is -0.152. The van der Waals surface area contributed by atoms with Crippen molar-refractivity contribution in [2.45, 2.75) is 51.2 Å². The van der Waals surface area contributed by atoms with Gasteiger partial charge in [-0.1, -0.05) is 12.8 Å². The summed E-state index contributed by atoms with van der Waals surface area (Å²) in [5.41, 5.74) is 0.613. The van der Waals surface area contributed by atoms with Crippen molar-refractivity contribution in [1.82, 2.24) is 19.3 Å². The third-order valence-corrected chi connectivity index (χ3v) is 5.89. The summed E-state index contributed by atoms with van der Waals surface area (Å²) in [4.78, 5) is 23.4. The van der Waals surface area contributed by atoms with Crippen molar-refractivity contribution in [3.8, 4) is 0 Å². The van der Waals surface area contributed by atoms with Crippen molar-refractivity contribution in [2.75, 3.05) is 13.7 Å². The molecule has 2 atom stereocenters. The molecular weight excluding hydrogens is 304 g/mol. The topological polar surface area (TPSA) is 59.7 Å². The standard InChI is InChI=1S/C18H24N4O2/c1-3-24-15-11-14(18(15)7-4-5-8-18)21(2)16(23)13-12-22-10-6-9-19-17(22)20-13/h6,9-10,12,14-15H,3-5,7-8,11H2,1-2H3. The molecule has 128 valence electrons. The van der Waals surface area contributed by atoms with Crippen LogP contribution in [0.2, 0.25) is 0 Å². The third kappa shape index (κ3) is 2.24. The lowest BCUT2D eigenvalue weighted by Gasteiger charge is -2.56. The molecule has 2 aliphatic carbocycles. The Morgan fingerprint density at radius 2 is 2.25 bits per heavy atom. The first-order valence-electron chi connectivity index (χ1n) is 8.84. The molecule has 0 aromatic carbocycles. The average molecular weight is 328 g/mol. The van der Waals surface area contributed by atoms with Gasteiger partial charge in [-0.05, 0) is 32.3 Å². The number of rotatable bonds is 4. The van der Waals surface area contributed by atoms with E-state index in [1.54, 1.807) is 16.8 Å². The van der Waals surface area contributed by atoms with E-state index in [2.05, 4.69) is 16.9 Å². The SMILES string of the molecule is CCOC1CC(N(C)C(=O)c2cn3cccnc3n2)C12CCCC2. The number of imidazole rings is 1. The van der Waals surface area contributed by atoms with E-state index in [1.807, 2.05) is 24.2 Å². The summed E-state index contributed by atoms with van der Waals surface area (Å²) >= 11 is 0. The average Bonchev–Trinajstić information content (AvgIpc) is 3.25. The molecule has 2 aromatic rings. The van der Waals surface area contributed by atoms with Gasteiger partial charge in [0.25, 0.3) is 5.91 Å². The Balaban J connectivity index is 1.56. The molecule has 0 bridgehead atoms. The maximum absolute atomic E-state index is 12.9. The molecule has 2 fully saturated rings. The molecular formula is C18H24N4O2. The Bertz CT molecular complexity index is 717. The number of hydrogen-bond donors (Lipinski definition) is 0. The number of nitrogens with zero attached hydrogens (tertiary/aromatic N) is 4. The number of amides is 1. The predicted molar refractivity (Wildman–Crippen MR) is 89.8 cm³/mol. The smallest absolute Gasteiger partial charge is 0.274 e. The molecule has 2 saturated carbocycles. The molecule has 1 spiro atoms. The van der Waals surface area contributed by atoms with Gasteiger partial charge in [-0.3, -0.25) is 9.20 Å². The molecule has 2 aliphatic rings. The van der Waals surface area contributed by atoms with Gasteiger partial charge in [0.1, 0.15) is 5.69 Å². The van der Waals surface area contributed by atoms with Crippen molar-refractivity contribution < 1.29 is 9.53 Å². The fourth-order valence-electron chi connectivity index (χ4n) is 4.65. The first-order valence-corrected chi connectivity index (χ1v) is 8.84. The van der Waals surface area contributed by atoms with Crippen molar-refractivity contribution in [2.24, 2.45) is 5.41 Å². The predicted octanol–water partition coefficient (Wildman–Crippen LogP) is 2.54. The Labute approximate surface area is 141 Å². The summed E-state index contributed by atoms with van der Waals surface area (Å²) in [6, 6.07) is 2.08. The molecule has 2 heterocycles. The zero-order chi connectivity index (χ0) is 16.7. The lowest BCUT2D eigenvalue weighted by atomic mass is 9.60. The van der Waals surface area contributed by atoms with Gasteiger partial charge < -0.3 is 9.64 Å². The normalized spacial score (nSPS) is 25.1. The molecule has 24 heavy (non-hydrogen) atoms. The van der Waals surface area contributed by atoms with Crippen LogP contribution in [0.3, 0.4) is 0 Å². The van der Waals surface area contributed by atoms with Gasteiger partial charge in [-0.25, -0.2) is 9.97 Å². The lowest BCUT2D eigenvalue weighted by Crippen LogP contribution is -2.64. The van der Waals surface area contributed by atoms with Crippen molar-refractivity contribution >= 4 is 11.7 Å². The van der Waals surface area contributed by atoms with Gasteiger partial charge in [0.2, 0.25) is 5.78 Å². The van der Waals surface area contributed by atoms with E-state index in [4.69, 9.17) is 4.74 Å². The van der Waals surface area contributed by atoms with Gasteiger partial charge in [-0.15, -0.1) is 0 Å². The highest BCUT2D eigenvalue weighted by atomic mass is 16.5. The van der Waals surface area contributed by atoms with Crippen LogP contribution in [0, 0.1) is 5.41 Å². The fourth-order valence-corrected chi connectivity index (χ4v) is 4.65. The van der Waals surface area contributed by atoms with E-state index in [9.17, 15) is 4.79 Å². The summed E-state index contributed by atoms with van der Waals surface area (Å²) in [5, 5.41) is 0. The van der Waals surface area contributed by atoms with E-state index in [0.29, 0.717) is 17.6 Å². The highest BCUT2D eigenvalue weighted by Gasteiger charge is 2.58. The Hall–Kier alpha value is -1.95. The number of carbonyl (C=O) groups excluding carboxylic acids is 1. The minimum atomic E-state index is -0.0216. The van der Waals surface area contributed by atoms with Crippen LogP contribution >= 0.6 is 0 Å². The number of ether oxygens (including phenoxy) is 1. The molecule has 4 rings (SSSR count). The molecule has 6 heteroatoms. The molecule has 2 unspecified atom stereocenters. The zero-order valence-electron chi connectivity index (χ0n) is 14.3. The van der Waals surface area contributed by atoms with Crippen molar-refractivity contribution in [3.05, 3.63) is 30.4 Å². The quantitative estimate of drug-likeness (QED) is 0.865. The van der Waals surface area contributed by atoms with Crippen LogP contribution in [0.25, 0.3) is 5.78 Å². The van der Waals surface area contributed by atoms with E-state index in [0.717, 1.165) is 25.9 Å². The molecule has 6 nitrogen and oxygen atoms in total. The molecule has 1 amide bonds. The van der Waals surface area contributed by atoms with Crippen LogP contribution in [0.4, 0.5) is 0 Å². The zero-order valence-corrected chi connectivity index (χ0v) is 14.3. The number of aromatic nitrogens is 3. The van der Waals surface area contributed by atoms with Gasteiger partial charge in [-0.2, -0.15) is 0 Å². The Morgan fingerprint density at radius 3 is 2.96 bits per heavy atom. The number of hydrogen-bond acceptors (Lipinski definition) is 4. The van der Waals surface area contributed by atoms with Gasteiger partial charge in [0.05, 0.1) is 6.10 Å². The Morgan fingerprint density at radius 1 is 1.46 bits per heavy atom. The Kier molecular flexibility index (Phi) is 3.79. The summed E-state index contributed by atoms with van der Waals surface area (Å²) in [5.74, 6) is 0.539. The third-order valence-electron chi connectivity index (χ3n) is 5.89. The van der Waals surface area contributed by atoms with Crippen LogP contribution in [-0.2, 0) is 4.74 Å². The van der Waals surface area contributed by atoms with Crippen LogP contribution in [0.5, 0.6) is 0 Å². The molecule has 0 radical (unpaired) electrons. The van der Waals surface area contributed by atoms with E-state index < -0.39 is 0 Å². The van der Waals surface area contributed by atoms with Crippen molar-refractivity contribution in [1.29, 1.82) is 0 Å². The molecule has 0 aliphatic heterocycles. The number of fused-ring (bicyclic) bond motifs is 1. The van der Waals surface area contributed by atoms with Crippen LogP contribution in [-0.4, -0.2) is 51.0 Å². The summed E-state index contributed by atoms with van der Waals surface area (Å²) < 4.78 is 7.75.